The summed E-state index contributed by atoms with van der Waals surface area (Å²) in [7, 11) is 0. The summed E-state index contributed by atoms with van der Waals surface area (Å²) in [6.45, 7) is 0. The Hall–Kier alpha value is -1.66. The number of rotatable bonds is 2. The molecule has 96 valence electrons. The van der Waals surface area contributed by atoms with Gasteiger partial charge >= 0.3 is 0 Å². The SMILES string of the molecule is Nc1cn(-c2cccc(F)c2)nc1-c1cc(Br)cs1. The molecular formula is C13H9BrFN3S. The number of hydrogen-bond acceptors (Lipinski definition) is 3. The van der Waals surface area contributed by atoms with E-state index in [-0.39, 0.29) is 5.82 Å². The molecule has 0 saturated heterocycles. The number of aromatic nitrogens is 2. The van der Waals surface area contributed by atoms with Crippen molar-refractivity contribution in [3.63, 3.8) is 0 Å². The molecule has 6 heteroatoms. The van der Waals surface area contributed by atoms with Gasteiger partial charge in [-0.3, -0.25) is 0 Å². The van der Waals surface area contributed by atoms with Gasteiger partial charge in [-0.15, -0.1) is 11.3 Å². The summed E-state index contributed by atoms with van der Waals surface area (Å²) in [4.78, 5) is 0.972. The molecule has 0 aliphatic heterocycles. The van der Waals surface area contributed by atoms with Crippen molar-refractivity contribution in [1.82, 2.24) is 9.78 Å². The highest BCUT2D eigenvalue weighted by molar-refractivity contribution is 9.10. The zero-order chi connectivity index (χ0) is 13.4. The number of thiophene rings is 1. The molecule has 0 spiro atoms. The van der Waals surface area contributed by atoms with Gasteiger partial charge in [0, 0.05) is 9.85 Å². The van der Waals surface area contributed by atoms with Crippen molar-refractivity contribution in [2.75, 3.05) is 5.73 Å². The van der Waals surface area contributed by atoms with Crippen LogP contribution in [-0.2, 0) is 0 Å². The molecule has 0 atom stereocenters. The van der Waals surface area contributed by atoms with Crippen LogP contribution in [0.15, 0.2) is 46.4 Å². The molecule has 0 fully saturated rings. The van der Waals surface area contributed by atoms with Crippen LogP contribution in [0, 0.1) is 5.82 Å². The Morgan fingerprint density at radius 2 is 2.16 bits per heavy atom. The number of hydrogen-bond donors (Lipinski definition) is 1. The topological polar surface area (TPSA) is 43.8 Å². The summed E-state index contributed by atoms with van der Waals surface area (Å²) in [5.41, 5.74) is 7.90. The zero-order valence-electron chi connectivity index (χ0n) is 9.68. The van der Waals surface area contributed by atoms with Gasteiger partial charge in [-0.2, -0.15) is 5.10 Å². The number of benzene rings is 1. The van der Waals surface area contributed by atoms with E-state index >= 15 is 0 Å². The predicted octanol–water partition coefficient (Wildman–Crippen LogP) is 4.08. The molecule has 2 N–H and O–H groups in total. The maximum atomic E-state index is 13.2. The second-order valence-corrected chi connectivity index (χ2v) is 5.81. The first kappa shape index (κ1) is 12.4. The number of nitrogens with zero attached hydrogens (tertiary/aromatic N) is 2. The lowest BCUT2D eigenvalue weighted by atomic mass is 10.3. The molecule has 2 aromatic heterocycles. The van der Waals surface area contributed by atoms with E-state index in [4.69, 9.17) is 5.73 Å². The highest BCUT2D eigenvalue weighted by Gasteiger charge is 2.11. The molecular weight excluding hydrogens is 329 g/mol. The molecule has 0 unspecified atom stereocenters. The molecule has 19 heavy (non-hydrogen) atoms. The third-order valence-electron chi connectivity index (χ3n) is 2.62. The largest absolute Gasteiger partial charge is 0.396 e. The predicted molar refractivity (Wildman–Crippen MR) is 78.9 cm³/mol. The Kier molecular flexibility index (Phi) is 3.12. The minimum Gasteiger partial charge on any atom is -0.396 e. The van der Waals surface area contributed by atoms with E-state index in [0.29, 0.717) is 17.1 Å². The second-order valence-electron chi connectivity index (χ2n) is 3.99. The standard InChI is InChI=1S/C13H9BrFN3S/c14-8-4-12(19-7-8)13-11(16)6-18(17-13)10-3-1-2-9(15)5-10/h1-7H,16H2. The lowest BCUT2D eigenvalue weighted by molar-refractivity contribution is 0.625. The van der Waals surface area contributed by atoms with Crippen molar-refractivity contribution in [3.8, 4) is 16.3 Å². The first-order valence-corrected chi connectivity index (χ1v) is 7.16. The van der Waals surface area contributed by atoms with Gasteiger partial charge in [0.15, 0.2) is 0 Å². The maximum Gasteiger partial charge on any atom is 0.126 e. The van der Waals surface area contributed by atoms with E-state index in [2.05, 4.69) is 21.0 Å². The van der Waals surface area contributed by atoms with Crippen LogP contribution in [0.1, 0.15) is 0 Å². The highest BCUT2D eigenvalue weighted by Crippen LogP contribution is 2.32. The van der Waals surface area contributed by atoms with Crippen molar-refractivity contribution in [2.45, 2.75) is 0 Å². The molecule has 0 bridgehead atoms. The summed E-state index contributed by atoms with van der Waals surface area (Å²) < 4.78 is 15.8. The van der Waals surface area contributed by atoms with Gasteiger partial charge in [-0.1, -0.05) is 6.07 Å². The molecule has 0 amide bonds. The Morgan fingerprint density at radius 3 is 2.84 bits per heavy atom. The number of anilines is 1. The minimum atomic E-state index is -0.299. The fourth-order valence-electron chi connectivity index (χ4n) is 1.77. The van der Waals surface area contributed by atoms with E-state index in [1.807, 2.05) is 11.4 Å². The van der Waals surface area contributed by atoms with Crippen molar-refractivity contribution < 1.29 is 4.39 Å². The number of halogens is 2. The summed E-state index contributed by atoms with van der Waals surface area (Å²) in [5.74, 6) is -0.299. The van der Waals surface area contributed by atoms with Crippen LogP contribution >= 0.6 is 27.3 Å². The quantitative estimate of drug-likeness (QED) is 0.765. The Morgan fingerprint density at radius 1 is 1.32 bits per heavy atom. The van der Waals surface area contributed by atoms with Crippen molar-refractivity contribution >= 4 is 33.0 Å². The van der Waals surface area contributed by atoms with Crippen molar-refractivity contribution in [3.05, 3.63) is 52.2 Å². The number of nitrogen functional groups attached to an aromatic ring is 1. The Bertz CT molecular complexity index is 735. The van der Waals surface area contributed by atoms with E-state index in [0.717, 1.165) is 9.35 Å². The van der Waals surface area contributed by atoms with E-state index in [1.165, 1.54) is 12.1 Å². The van der Waals surface area contributed by atoms with Gasteiger partial charge in [-0.05, 0) is 40.2 Å². The highest BCUT2D eigenvalue weighted by atomic mass is 79.9. The molecule has 3 rings (SSSR count). The van der Waals surface area contributed by atoms with Crippen molar-refractivity contribution in [2.24, 2.45) is 0 Å². The van der Waals surface area contributed by atoms with Crippen LogP contribution < -0.4 is 5.73 Å². The van der Waals surface area contributed by atoms with Crippen LogP contribution in [0.25, 0.3) is 16.3 Å². The van der Waals surface area contributed by atoms with Crippen LogP contribution in [0.5, 0.6) is 0 Å². The van der Waals surface area contributed by atoms with Crippen LogP contribution in [0.3, 0.4) is 0 Å². The molecule has 0 radical (unpaired) electrons. The van der Waals surface area contributed by atoms with Gasteiger partial charge in [-0.25, -0.2) is 9.07 Å². The first-order chi connectivity index (χ1) is 9.13. The third kappa shape index (κ3) is 2.41. The van der Waals surface area contributed by atoms with Gasteiger partial charge in [0.05, 0.1) is 22.4 Å². The summed E-state index contributed by atoms with van der Waals surface area (Å²) in [5, 5.41) is 6.39. The third-order valence-corrected chi connectivity index (χ3v) is 4.31. The zero-order valence-corrected chi connectivity index (χ0v) is 12.1. The van der Waals surface area contributed by atoms with Gasteiger partial charge in [0.1, 0.15) is 11.5 Å². The molecule has 3 nitrogen and oxygen atoms in total. The van der Waals surface area contributed by atoms with Crippen LogP contribution in [0.2, 0.25) is 0 Å². The van der Waals surface area contributed by atoms with E-state index in [9.17, 15) is 4.39 Å². The molecule has 2 heterocycles. The summed E-state index contributed by atoms with van der Waals surface area (Å²) in [6.07, 6.45) is 1.69. The Balaban J connectivity index is 2.06. The van der Waals surface area contributed by atoms with Gasteiger partial charge in [0.25, 0.3) is 0 Å². The monoisotopic (exact) mass is 337 g/mol. The normalized spacial score (nSPS) is 10.8. The van der Waals surface area contributed by atoms with E-state index in [1.54, 1.807) is 34.3 Å². The van der Waals surface area contributed by atoms with Crippen LogP contribution in [0.4, 0.5) is 10.1 Å². The van der Waals surface area contributed by atoms with E-state index < -0.39 is 0 Å². The first-order valence-electron chi connectivity index (χ1n) is 5.49. The molecule has 3 aromatic rings. The van der Waals surface area contributed by atoms with Crippen LogP contribution in [-0.4, -0.2) is 9.78 Å². The van der Waals surface area contributed by atoms with Gasteiger partial charge < -0.3 is 5.73 Å². The molecule has 0 saturated carbocycles. The minimum absolute atomic E-state index is 0.299. The fraction of sp³-hybridized carbons (Fsp3) is 0. The lowest BCUT2D eigenvalue weighted by Gasteiger charge is -2.00. The smallest absolute Gasteiger partial charge is 0.126 e. The molecule has 0 aliphatic carbocycles. The number of nitrogens with two attached hydrogens (primary N) is 1. The maximum absolute atomic E-state index is 13.2. The lowest BCUT2D eigenvalue weighted by Crippen LogP contribution is -1.95. The average Bonchev–Trinajstić information content (AvgIpc) is 2.95. The fourth-order valence-corrected chi connectivity index (χ4v) is 3.20. The molecule has 0 aliphatic rings. The Labute approximate surface area is 121 Å². The summed E-state index contributed by atoms with van der Waals surface area (Å²) >= 11 is 4.95. The second kappa shape index (κ2) is 4.79. The average molecular weight is 338 g/mol. The summed E-state index contributed by atoms with van der Waals surface area (Å²) in [6, 6.07) is 8.20. The molecule has 1 aromatic carbocycles. The van der Waals surface area contributed by atoms with Crippen molar-refractivity contribution in [1.29, 1.82) is 0 Å². The van der Waals surface area contributed by atoms with Gasteiger partial charge in [0.2, 0.25) is 0 Å².